The van der Waals surface area contributed by atoms with E-state index in [1.807, 2.05) is 0 Å². The zero-order valence-corrected chi connectivity index (χ0v) is 15.7. The van der Waals surface area contributed by atoms with Crippen molar-refractivity contribution in [3.8, 4) is 0 Å². The van der Waals surface area contributed by atoms with Gasteiger partial charge in [-0.15, -0.1) is 0 Å². The van der Waals surface area contributed by atoms with Gasteiger partial charge in [0.1, 0.15) is 11.6 Å². The molecule has 140 valence electrons. The standard InChI is InChI=1S/C18H20F2N2O3S/c1-11-5-7-13(26(24,25)22-18(2,3)4)10-14(11)17(23)21-16-8-6-12(19)9-15(16)20/h5-10,22H,1-4H3,(H,21,23). The predicted molar refractivity (Wildman–Crippen MR) is 95.6 cm³/mol. The zero-order valence-electron chi connectivity index (χ0n) is 14.9. The summed E-state index contributed by atoms with van der Waals surface area (Å²) in [6.07, 6.45) is 0. The molecule has 0 unspecified atom stereocenters. The molecule has 2 N–H and O–H groups in total. The Balaban J connectivity index is 2.36. The van der Waals surface area contributed by atoms with Crippen molar-refractivity contribution in [2.24, 2.45) is 0 Å². The second-order valence-corrected chi connectivity index (χ2v) is 8.59. The molecule has 2 rings (SSSR count). The molecule has 0 spiro atoms. The van der Waals surface area contributed by atoms with Gasteiger partial charge in [-0.3, -0.25) is 4.79 Å². The van der Waals surface area contributed by atoms with E-state index in [0.29, 0.717) is 11.6 Å². The van der Waals surface area contributed by atoms with Gasteiger partial charge >= 0.3 is 0 Å². The molecule has 0 aliphatic rings. The number of carbonyl (C=O) groups excluding carboxylic acids is 1. The lowest BCUT2D eigenvalue weighted by Crippen LogP contribution is -2.40. The van der Waals surface area contributed by atoms with Crippen LogP contribution in [0.5, 0.6) is 0 Å². The van der Waals surface area contributed by atoms with Crippen molar-refractivity contribution in [3.05, 3.63) is 59.2 Å². The van der Waals surface area contributed by atoms with Gasteiger partial charge < -0.3 is 5.32 Å². The molecule has 0 aliphatic heterocycles. The summed E-state index contributed by atoms with van der Waals surface area (Å²) in [7, 11) is -3.83. The van der Waals surface area contributed by atoms with E-state index in [1.165, 1.54) is 18.2 Å². The van der Waals surface area contributed by atoms with Crippen LogP contribution in [0, 0.1) is 18.6 Å². The molecule has 0 heterocycles. The summed E-state index contributed by atoms with van der Waals surface area (Å²) in [5.74, 6) is -2.38. The molecule has 2 aromatic rings. The van der Waals surface area contributed by atoms with Crippen molar-refractivity contribution in [1.82, 2.24) is 4.72 Å². The molecule has 0 aliphatic carbocycles. The Bertz CT molecular complexity index is 951. The summed E-state index contributed by atoms with van der Waals surface area (Å²) >= 11 is 0. The van der Waals surface area contributed by atoms with Crippen LogP contribution in [0.25, 0.3) is 0 Å². The average Bonchev–Trinajstić information content (AvgIpc) is 2.47. The first-order valence-corrected chi connectivity index (χ1v) is 9.28. The Morgan fingerprint density at radius 1 is 1.04 bits per heavy atom. The summed E-state index contributed by atoms with van der Waals surface area (Å²) < 4.78 is 54.1. The summed E-state index contributed by atoms with van der Waals surface area (Å²) in [6, 6.07) is 6.86. The Labute approximate surface area is 151 Å². The molecule has 26 heavy (non-hydrogen) atoms. The van der Waals surface area contributed by atoms with Gasteiger partial charge in [0.05, 0.1) is 10.6 Å². The summed E-state index contributed by atoms with van der Waals surface area (Å²) in [5, 5.41) is 2.33. The molecule has 8 heteroatoms. The van der Waals surface area contributed by atoms with Gasteiger partial charge in [-0.25, -0.2) is 21.9 Å². The number of sulfonamides is 1. The van der Waals surface area contributed by atoms with Gasteiger partial charge in [0.2, 0.25) is 10.0 Å². The zero-order chi connectivity index (χ0) is 19.7. The quantitative estimate of drug-likeness (QED) is 0.848. The second-order valence-electron chi connectivity index (χ2n) is 6.91. The predicted octanol–water partition coefficient (Wildman–Crippen LogP) is 3.60. The summed E-state index contributed by atoms with van der Waals surface area (Å²) in [6.45, 7) is 6.72. The minimum atomic E-state index is -3.83. The molecule has 1 amide bonds. The van der Waals surface area contributed by atoms with Crippen molar-refractivity contribution < 1.29 is 22.0 Å². The smallest absolute Gasteiger partial charge is 0.256 e. The van der Waals surface area contributed by atoms with Gasteiger partial charge in [0.15, 0.2) is 0 Å². The lowest BCUT2D eigenvalue weighted by Gasteiger charge is -2.20. The van der Waals surface area contributed by atoms with Crippen LogP contribution in [0.4, 0.5) is 14.5 Å². The third-order valence-corrected chi connectivity index (χ3v) is 5.14. The van der Waals surface area contributed by atoms with Gasteiger partial charge in [-0.2, -0.15) is 0 Å². The van der Waals surface area contributed by atoms with Crippen LogP contribution in [0.15, 0.2) is 41.3 Å². The fourth-order valence-electron chi connectivity index (χ4n) is 2.26. The highest BCUT2D eigenvalue weighted by Gasteiger charge is 2.23. The highest BCUT2D eigenvalue weighted by atomic mass is 32.2. The molecule has 2 aromatic carbocycles. The monoisotopic (exact) mass is 382 g/mol. The number of anilines is 1. The normalized spacial score (nSPS) is 12.1. The highest BCUT2D eigenvalue weighted by Crippen LogP contribution is 2.20. The van der Waals surface area contributed by atoms with E-state index >= 15 is 0 Å². The van der Waals surface area contributed by atoms with Crippen molar-refractivity contribution >= 4 is 21.6 Å². The number of carbonyl (C=O) groups is 1. The molecule has 0 aromatic heterocycles. The lowest BCUT2D eigenvalue weighted by atomic mass is 10.1. The lowest BCUT2D eigenvalue weighted by molar-refractivity contribution is 0.102. The third-order valence-electron chi connectivity index (χ3n) is 3.38. The van der Waals surface area contributed by atoms with E-state index in [0.717, 1.165) is 12.1 Å². The van der Waals surface area contributed by atoms with Crippen molar-refractivity contribution in [1.29, 1.82) is 0 Å². The van der Waals surface area contributed by atoms with Crippen LogP contribution in [0.1, 0.15) is 36.7 Å². The van der Waals surface area contributed by atoms with Crippen LogP contribution in [0.2, 0.25) is 0 Å². The van der Waals surface area contributed by atoms with Crippen LogP contribution in [0.3, 0.4) is 0 Å². The molecule has 0 radical (unpaired) electrons. The molecule has 0 saturated heterocycles. The maximum Gasteiger partial charge on any atom is 0.256 e. The first-order chi connectivity index (χ1) is 11.9. The number of aryl methyl sites for hydroxylation is 1. The van der Waals surface area contributed by atoms with Gasteiger partial charge in [0, 0.05) is 17.2 Å². The van der Waals surface area contributed by atoms with Gasteiger partial charge in [0.25, 0.3) is 5.91 Å². The Morgan fingerprint density at radius 2 is 1.69 bits per heavy atom. The van der Waals surface area contributed by atoms with Crippen molar-refractivity contribution in [2.45, 2.75) is 38.1 Å². The minimum Gasteiger partial charge on any atom is -0.319 e. The number of rotatable bonds is 4. The Morgan fingerprint density at radius 3 is 2.27 bits per heavy atom. The molecular weight excluding hydrogens is 362 g/mol. The molecule has 0 bridgehead atoms. The van der Waals surface area contributed by atoms with E-state index in [-0.39, 0.29) is 16.1 Å². The molecule has 0 atom stereocenters. The van der Waals surface area contributed by atoms with Crippen molar-refractivity contribution in [2.75, 3.05) is 5.32 Å². The average molecular weight is 382 g/mol. The fourth-order valence-corrected chi connectivity index (χ4v) is 3.70. The Kier molecular flexibility index (Phi) is 5.48. The number of amides is 1. The van der Waals surface area contributed by atoms with Crippen LogP contribution in [-0.4, -0.2) is 19.9 Å². The van der Waals surface area contributed by atoms with E-state index in [1.54, 1.807) is 27.7 Å². The van der Waals surface area contributed by atoms with Crippen LogP contribution < -0.4 is 10.0 Å². The van der Waals surface area contributed by atoms with Gasteiger partial charge in [-0.05, 0) is 57.5 Å². The minimum absolute atomic E-state index is 0.0745. The number of hydrogen-bond donors (Lipinski definition) is 2. The fraction of sp³-hybridized carbons (Fsp3) is 0.278. The van der Waals surface area contributed by atoms with Crippen LogP contribution >= 0.6 is 0 Å². The number of nitrogens with one attached hydrogen (secondary N) is 2. The number of hydrogen-bond acceptors (Lipinski definition) is 3. The summed E-state index contributed by atoms with van der Waals surface area (Å²) in [5.41, 5.74) is -0.300. The summed E-state index contributed by atoms with van der Waals surface area (Å²) in [4.78, 5) is 12.4. The van der Waals surface area contributed by atoms with E-state index in [2.05, 4.69) is 10.0 Å². The van der Waals surface area contributed by atoms with Gasteiger partial charge in [-0.1, -0.05) is 6.07 Å². The second kappa shape index (κ2) is 7.13. The first-order valence-electron chi connectivity index (χ1n) is 7.80. The first kappa shape index (κ1) is 20.0. The SMILES string of the molecule is Cc1ccc(S(=O)(=O)NC(C)(C)C)cc1C(=O)Nc1ccc(F)cc1F. The largest absolute Gasteiger partial charge is 0.319 e. The molecule has 5 nitrogen and oxygen atoms in total. The van der Waals surface area contributed by atoms with E-state index in [4.69, 9.17) is 0 Å². The van der Waals surface area contributed by atoms with Crippen LogP contribution in [-0.2, 0) is 10.0 Å². The molecule has 0 fully saturated rings. The topological polar surface area (TPSA) is 75.3 Å². The van der Waals surface area contributed by atoms with Crippen molar-refractivity contribution in [3.63, 3.8) is 0 Å². The maximum atomic E-state index is 13.7. The maximum absolute atomic E-state index is 13.7. The third kappa shape index (κ3) is 4.86. The molecular formula is C18H20F2N2O3S. The van der Waals surface area contributed by atoms with E-state index < -0.39 is 33.1 Å². The number of benzene rings is 2. The highest BCUT2D eigenvalue weighted by molar-refractivity contribution is 7.89. The Hall–Kier alpha value is -2.32. The number of halogens is 2. The molecule has 0 saturated carbocycles. The van der Waals surface area contributed by atoms with E-state index in [9.17, 15) is 22.0 Å².